The first-order valence-corrected chi connectivity index (χ1v) is 7.26. The number of carboxylic acids is 2. The smallest absolute Gasteiger partial charge is 0.332 e. The zero-order valence-electron chi connectivity index (χ0n) is 14.1. The molecule has 25 heavy (non-hydrogen) atoms. The van der Waals surface area contributed by atoms with E-state index in [0.717, 1.165) is 0 Å². The highest BCUT2D eigenvalue weighted by Gasteiger charge is 2.23. The Morgan fingerprint density at radius 3 is 1.48 bits per heavy atom. The lowest BCUT2D eigenvalue weighted by Crippen LogP contribution is -2.18. The molecule has 0 aliphatic heterocycles. The average molecular weight is 362 g/mol. The van der Waals surface area contributed by atoms with Gasteiger partial charge < -0.3 is 29.2 Å². The fourth-order valence-electron chi connectivity index (χ4n) is 1.71. The number of aliphatic carboxylic acids is 2. The predicted octanol–water partition coefficient (Wildman–Crippen LogP) is 0.00170. The zero-order valence-corrected chi connectivity index (χ0v) is 14.1. The summed E-state index contributed by atoms with van der Waals surface area (Å²) in [6.07, 6.45) is -1.93. The standard InChI is InChI=1S/C15H22O10/c1-22-3-5-24-13(18)7-10(8-14(19)25-6-4-23-2)11(15(20)21)9-12(16)17/h3-9H2,1-2H3,(H,16,17)(H,20,21). The van der Waals surface area contributed by atoms with Crippen LogP contribution >= 0.6 is 0 Å². The summed E-state index contributed by atoms with van der Waals surface area (Å²) < 4.78 is 19.1. The molecule has 0 aromatic carbocycles. The number of methoxy groups -OCH3 is 2. The van der Waals surface area contributed by atoms with Gasteiger partial charge in [-0.3, -0.25) is 14.4 Å². The molecule has 2 N–H and O–H groups in total. The van der Waals surface area contributed by atoms with Crippen molar-refractivity contribution in [2.24, 2.45) is 0 Å². The fourth-order valence-corrected chi connectivity index (χ4v) is 1.71. The van der Waals surface area contributed by atoms with Gasteiger partial charge >= 0.3 is 23.9 Å². The molecular formula is C15H22O10. The first-order chi connectivity index (χ1) is 11.8. The Balaban J connectivity index is 5.19. The molecule has 0 rings (SSSR count). The lowest BCUT2D eigenvalue weighted by atomic mass is 9.99. The van der Waals surface area contributed by atoms with Crippen LogP contribution in [0.15, 0.2) is 11.1 Å². The molecule has 10 heteroatoms. The predicted molar refractivity (Wildman–Crippen MR) is 81.8 cm³/mol. The summed E-state index contributed by atoms with van der Waals surface area (Å²) in [5.41, 5.74) is -0.736. The summed E-state index contributed by atoms with van der Waals surface area (Å²) in [6, 6.07) is 0. The van der Waals surface area contributed by atoms with Crippen LogP contribution in [-0.2, 0) is 38.1 Å². The van der Waals surface area contributed by atoms with Crippen LogP contribution in [0.25, 0.3) is 0 Å². The van der Waals surface area contributed by atoms with Crippen LogP contribution < -0.4 is 0 Å². The van der Waals surface area contributed by atoms with E-state index < -0.39 is 48.7 Å². The maximum atomic E-state index is 11.8. The van der Waals surface area contributed by atoms with Crippen LogP contribution in [0.5, 0.6) is 0 Å². The van der Waals surface area contributed by atoms with E-state index in [1.54, 1.807) is 0 Å². The highest BCUT2D eigenvalue weighted by Crippen LogP contribution is 2.19. The molecule has 0 spiro atoms. The van der Waals surface area contributed by atoms with E-state index in [2.05, 4.69) is 0 Å². The monoisotopic (exact) mass is 362 g/mol. The minimum Gasteiger partial charge on any atom is -0.481 e. The van der Waals surface area contributed by atoms with Crippen molar-refractivity contribution in [1.29, 1.82) is 0 Å². The second-order valence-corrected chi connectivity index (χ2v) is 4.74. The van der Waals surface area contributed by atoms with Crippen molar-refractivity contribution in [1.82, 2.24) is 0 Å². The van der Waals surface area contributed by atoms with E-state index >= 15 is 0 Å². The van der Waals surface area contributed by atoms with Gasteiger partial charge in [0.15, 0.2) is 0 Å². The van der Waals surface area contributed by atoms with Gasteiger partial charge in [-0.2, -0.15) is 0 Å². The van der Waals surface area contributed by atoms with Crippen LogP contribution in [0.2, 0.25) is 0 Å². The lowest BCUT2D eigenvalue weighted by molar-refractivity contribution is -0.145. The Hall–Kier alpha value is -2.46. The molecule has 0 aromatic heterocycles. The molecule has 0 aromatic rings. The quantitative estimate of drug-likeness (QED) is 0.261. The Morgan fingerprint density at radius 2 is 1.16 bits per heavy atom. The van der Waals surface area contributed by atoms with Gasteiger partial charge in [0, 0.05) is 19.8 Å². The van der Waals surface area contributed by atoms with Gasteiger partial charge in [0.1, 0.15) is 13.2 Å². The van der Waals surface area contributed by atoms with Gasteiger partial charge in [-0.1, -0.05) is 0 Å². The van der Waals surface area contributed by atoms with Gasteiger partial charge in [-0.15, -0.1) is 0 Å². The molecule has 0 unspecified atom stereocenters. The number of carbonyl (C=O) groups is 4. The van der Waals surface area contributed by atoms with Crippen molar-refractivity contribution >= 4 is 23.9 Å². The second-order valence-electron chi connectivity index (χ2n) is 4.74. The first-order valence-electron chi connectivity index (χ1n) is 7.26. The summed E-state index contributed by atoms with van der Waals surface area (Å²) in [4.78, 5) is 45.7. The third-order valence-corrected chi connectivity index (χ3v) is 2.83. The van der Waals surface area contributed by atoms with E-state index in [1.165, 1.54) is 14.2 Å². The number of ether oxygens (including phenoxy) is 4. The molecule has 0 aliphatic rings. The highest BCUT2D eigenvalue weighted by atomic mass is 16.6. The minimum atomic E-state index is -1.54. The van der Waals surface area contributed by atoms with Crippen molar-refractivity contribution in [3.63, 3.8) is 0 Å². The summed E-state index contributed by atoms with van der Waals surface area (Å²) in [7, 11) is 2.81. The Kier molecular flexibility index (Phi) is 11.6. The van der Waals surface area contributed by atoms with E-state index in [4.69, 9.17) is 24.1 Å². The normalized spacial score (nSPS) is 10.0. The molecule has 0 bridgehead atoms. The Morgan fingerprint density at radius 1 is 0.720 bits per heavy atom. The van der Waals surface area contributed by atoms with Crippen molar-refractivity contribution in [3.05, 3.63) is 11.1 Å². The van der Waals surface area contributed by atoms with Gasteiger partial charge in [0.05, 0.1) is 32.5 Å². The maximum Gasteiger partial charge on any atom is 0.332 e. The van der Waals surface area contributed by atoms with Gasteiger partial charge in [-0.05, 0) is 5.57 Å². The third-order valence-electron chi connectivity index (χ3n) is 2.83. The summed E-state index contributed by atoms with van der Waals surface area (Å²) in [6.45, 7) is 0.181. The van der Waals surface area contributed by atoms with Gasteiger partial charge in [0.25, 0.3) is 0 Å². The summed E-state index contributed by atoms with van der Waals surface area (Å²) >= 11 is 0. The summed E-state index contributed by atoms with van der Waals surface area (Å²) in [5.74, 6) is -4.55. The molecule has 0 amide bonds. The van der Waals surface area contributed by atoms with Crippen LogP contribution in [0.4, 0.5) is 0 Å². The van der Waals surface area contributed by atoms with E-state index in [-0.39, 0.29) is 32.0 Å². The van der Waals surface area contributed by atoms with Gasteiger partial charge in [-0.25, -0.2) is 4.79 Å². The Labute approximate surface area is 144 Å². The minimum absolute atomic E-state index is 0.0533. The molecule has 0 saturated heterocycles. The van der Waals surface area contributed by atoms with Crippen LogP contribution in [0.1, 0.15) is 19.3 Å². The SMILES string of the molecule is COCCOC(=O)CC(CC(=O)OCCOC)=C(CC(=O)O)C(=O)O. The largest absolute Gasteiger partial charge is 0.481 e. The molecular weight excluding hydrogens is 340 g/mol. The fraction of sp³-hybridized carbons (Fsp3) is 0.600. The number of carbonyl (C=O) groups excluding carboxylic acids is 2. The summed E-state index contributed by atoms with van der Waals surface area (Å²) in [5, 5.41) is 18.0. The van der Waals surface area contributed by atoms with Crippen LogP contribution in [-0.4, -0.2) is 74.7 Å². The van der Waals surface area contributed by atoms with Gasteiger partial charge in [0.2, 0.25) is 0 Å². The molecule has 0 heterocycles. The average Bonchev–Trinajstić information content (AvgIpc) is 2.52. The van der Waals surface area contributed by atoms with E-state index in [9.17, 15) is 24.3 Å². The van der Waals surface area contributed by atoms with Crippen molar-refractivity contribution < 1.29 is 48.3 Å². The van der Waals surface area contributed by atoms with Crippen LogP contribution in [0, 0.1) is 0 Å². The topological polar surface area (TPSA) is 146 Å². The number of hydrogen-bond donors (Lipinski definition) is 2. The highest BCUT2D eigenvalue weighted by molar-refractivity contribution is 5.95. The van der Waals surface area contributed by atoms with Crippen LogP contribution in [0.3, 0.4) is 0 Å². The number of carboxylic acid groups (broad SMARTS) is 2. The molecule has 0 radical (unpaired) electrons. The number of rotatable bonds is 13. The second kappa shape index (κ2) is 12.9. The molecule has 142 valence electrons. The molecule has 0 aliphatic carbocycles. The molecule has 0 fully saturated rings. The number of esters is 2. The third kappa shape index (κ3) is 10.8. The molecule has 10 nitrogen and oxygen atoms in total. The molecule has 0 atom stereocenters. The maximum absolute atomic E-state index is 11.8. The van der Waals surface area contributed by atoms with E-state index in [0.29, 0.717) is 0 Å². The first kappa shape index (κ1) is 22.5. The number of hydrogen-bond acceptors (Lipinski definition) is 8. The zero-order chi connectivity index (χ0) is 19.2. The van der Waals surface area contributed by atoms with E-state index in [1.807, 2.05) is 0 Å². The molecule has 0 saturated carbocycles. The Bertz CT molecular complexity index is 482. The van der Waals surface area contributed by atoms with Crippen molar-refractivity contribution in [2.75, 3.05) is 40.6 Å². The van der Waals surface area contributed by atoms with Crippen molar-refractivity contribution in [2.45, 2.75) is 19.3 Å². The lowest BCUT2D eigenvalue weighted by Gasteiger charge is -2.12. The van der Waals surface area contributed by atoms with Crippen molar-refractivity contribution in [3.8, 4) is 0 Å².